The van der Waals surface area contributed by atoms with Gasteiger partial charge in [0.25, 0.3) is 5.91 Å². The molecule has 2 aromatic heterocycles. The van der Waals surface area contributed by atoms with Gasteiger partial charge in [0.15, 0.2) is 0 Å². The Bertz CT molecular complexity index is 690. The predicted molar refractivity (Wildman–Crippen MR) is 92.4 cm³/mol. The quantitative estimate of drug-likeness (QED) is 0.834. The van der Waals surface area contributed by atoms with Crippen molar-refractivity contribution in [2.45, 2.75) is 18.4 Å². The van der Waals surface area contributed by atoms with Gasteiger partial charge in [0.1, 0.15) is 11.4 Å². The van der Waals surface area contributed by atoms with Crippen molar-refractivity contribution < 1.29 is 9.53 Å². The standard InChI is InChI=1S/C17H20N4O2S/c22-16(14-2-9-24-11-14)21-7-8-23-17(13-21)3-1-6-20(12-17)15-10-18-4-5-19-15/h2,4-5,9-11H,1,3,6-8,12-13H2. The fourth-order valence-corrected chi connectivity index (χ4v) is 4.21. The zero-order valence-electron chi connectivity index (χ0n) is 13.4. The molecule has 7 heteroatoms. The maximum Gasteiger partial charge on any atom is 0.254 e. The van der Waals surface area contributed by atoms with Gasteiger partial charge >= 0.3 is 0 Å². The minimum absolute atomic E-state index is 0.107. The van der Waals surface area contributed by atoms with Gasteiger partial charge < -0.3 is 14.5 Å². The van der Waals surface area contributed by atoms with Crippen LogP contribution in [0.2, 0.25) is 0 Å². The number of hydrogen-bond acceptors (Lipinski definition) is 6. The summed E-state index contributed by atoms with van der Waals surface area (Å²) in [6, 6.07) is 1.89. The molecule has 0 saturated carbocycles. The number of ether oxygens (including phenoxy) is 1. The van der Waals surface area contributed by atoms with Gasteiger partial charge in [-0.1, -0.05) is 0 Å². The Morgan fingerprint density at radius 3 is 3.04 bits per heavy atom. The van der Waals surface area contributed by atoms with E-state index in [1.165, 1.54) is 0 Å². The molecule has 0 N–H and O–H groups in total. The molecular formula is C17H20N4O2S. The van der Waals surface area contributed by atoms with E-state index in [0.717, 1.165) is 37.3 Å². The van der Waals surface area contributed by atoms with Crippen molar-refractivity contribution in [3.05, 3.63) is 41.0 Å². The average Bonchev–Trinajstić information content (AvgIpc) is 3.17. The lowest BCUT2D eigenvalue weighted by Gasteiger charge is -2.48. The van der Waals surface area contributed by atoms with Crippen LogP contribution in [0.4, 0.5) is 5.82 Å². The van der Waals surface area contributed by atoms with Gasteiger partial charge in [-0.15, -0.1) is 0 Å². The molecule has 2 aliphatic rings. The molecular weight excluding hydrogens is 324 g/mol. The molecule has 1 amide bonds. The zero-order valence-corrected chi connectivity index (χ0v) is 14.2. The summed E-state index contributed by atoms with van der Waals surface area (Å²) in [6.45, 7) is 3.57. The highest BCUT2D eigenvalue weighted by Gasteiger charge is 2.42. The number of carbonyl (C=O) groups excluding carboxylic acids is 1. The summed E-state index contributed by atoms with van der Waals surface area (Å²) >= 11 is 1.55. The number of piperidine rings is 1. The summed E-state index contributed by atoms with van der Waals surface area (Å²) in [7, 11) is 0. The Kier molecular flexibility index (Phi) is 4.20. The summed E-state index contributed by atoms with van der Waals surface area (Å²) in [5.41, 5.74) is 0.471. The molecule has 24 heavy (non-hydrogen) atoms. The smallest absolute Gasteiger partial charge is 0.254 e. The highest BCUT2D eigenvalue weighted by molar-refractivity contribution is 7.08. The summed E-state index contributed by atoms with van der Waals surface area (Å²) in [6.07, 6.45) is 7.18. The van der Waals surface area contributed by atoms with Crippen molar-refractivity contribution in [2.75, 3.05) is 37.7 Å². The number of nitrogens with zero attached hydrogens (tertiary/aromatic N) is 4. The summed E-state index contributed by atoms with van der Waals surface area (Å²) in [4.78, 5) is 25.4. The van der Waals surface area contributed by atoms with Crippen LogP contribution in [0.5, 0.6) is 0 Å². The van der Waals surface area contributed by atoms with Crippen molar-refractivity contribution in [1.82, 2.24) is 14.9 Å². The van der Waals surface area contributed by atoms with Crippen molar-refractivity contribution >= 4 is 23.1 Å². The van der Waals surface area contributed by atoms with Crippen LogP contribution < -0.4 is 4.90 Å². The molecule has 6 nitrogen and oxygen atoms in total. The van der Waals surface area contributed by atoms with Crippen LogP contribution in [0.3, 0.4) is 0 Å². The molecule has 1 atom stereocenters. The van der Waals surface area contributed by atoms with E-state index < -0.39 is 0 Å². The molecule has 0 aliphatic carbocycles. The van der Waals surface area contributed by atoms with Crippen molar-refractivity contribution in [1.29, 1.82) is 0 Å². The average molecular weight is 344 g/mol. The molecule has 2 saturated heterocycles. The van der Waals surface area contributed by atoms with Crippen molar-refractivity contribution in [3.8, 4) is 0 Å². The molecule has 4 rings (SSSR count). The van der Waals surface area contributed by atoms with E-state index in [4.69, 9.17) is 4.74 Å². The summed E-state index contributed by atoms with van der Waals surface area (Å²) < 4.78 is 6.17. The molecule has 126 valence electrons. The van der Waals surface area contributed by atoms with E-state index >= 15 is 0 Å². The Hall–Kier alpha value is -1.99. The van der Waals surface area contributed by atoms with Crippen LogP contribution in [0.15, 0.2) is 35.4 Å². The minimum Gasteiger partial charge on any atom is -0.369 e. The summed E-state index contributed by atoms with van der Waals surface area (Å²) in [5.74, 6) is 0.983. The number of anilines is 1. The third kappa shape index (κ3) is 3.01. The van der Waals surface area contributed by atoms with E-state index in [-0.39, 0.29) is 11.5 Å². The number of carbonyl (C=O) groups is 1. The molecule has 4 heterocycles. The van der Waals surface area contributed by atoms with E-state index in [9.17, 15) is 4.79 Å². The van der Waals surface area contributed by atoms with Crippen LogP contribution in [0, 0.1) is 0 Å². The SMILES string of the molecule is O=C(c1ccsc1)N1CCOC2(CCCN(c3cnccn3)C2)C1. The topological polar surface area (TPSA) is 58.6 Å². The van der Waals surface area contributed by atoms with Crippen LogP contribution >= 0.6 is 11.3 Å². The number of thiophene rings is 1. The number of aromatic nitrogens is 2. The third-order valence-corrected chi connectivity index (χ3v) is 5.40. The van der Waals surface area contributed by atoms with Crippen molar-refractivity contribution in [2.24, 2.45) is 0 Å². The van der Waals surface area contributed by atoms with E-state index in [0.29, 0.717) is 19.7 Å². The Labute approximate surface area is 145 Å². The van der Waals surface area contributed by atoms with Gasteiger partial charge in [0.2, 0.25) is 0 Å². The first-order chi connectivity index (χ1) is 11.8. The van der Waals surface area contributed by atoms with E-state index in [2.05, 4.69) is 14.9 Å². The number of hydrogen-bond donors (Lipinski definition) is 0. The van der Waals surface area contributed by atoms with Crippen LogP contribution in [-0.2, 0) is 4.74 Å². The first-order valence-electron chi connectivity index (χ1n) is 8.22. The van der Waals surface area contributed by atoms with Crippen molar-refractivity contribution in [3.63, 3.8) is 0 Å². The molecule has 2 aromatic rings. The Balaban J connectivity index is 1.50. The van der Waals surface area contributed by atoms with Gasteiger partial charge in [-0.2, -0.15) is 11.3 Å². The first kappa shape index (κ1) is 15.5. The highest BCUT2D eigenvalue weighted by Crippen LogP contribution is 2.31. The molecule has 1 unspecified atom stereocenters. The Morgan fingerprint density at radius 1 is 1.29 bits per heavy atom. The predicted octanol–water partition coefficient (Wildman–Crippen LogP) is 2.05. The van der Waals surface area contributed by atoms with Crippen LogP contribution in [-0.4, -0.2) is 59.2 Å². The number of morpholine rings is 1. The zero-order chi connectivity index (χ0) is 16.4. The third-order valence-electron chi connectivity index (χ3n) is 4.72. The fourth-order valence-electron chi connectivity index (χ4n) is 3.58. The molecule has 0 aromatic carbocycles. The molecule has 1 spiro atoms. The maximum atomic E-state index is 12.7. The minimum atomic E-state index is -0.306. The van der Waals surface area contributed by atoms with Gasteiger partial charge in [-0.3, -0.25) is 9.78 Å². The maximum absolute atomic E-state index is 12.7. The van der Waals surface area contributed by atoms with Crippen LogP contribution in [0.1, 0.15) is 23.2 Å². The first-order valence-corrected chi connectivity index (χ1v) is 9.16. The molecule has 2 fully saturated rings. The van der Waals surface area contributed by atoms with Gasteiger partial charge in [0.05, 0.1) is 31.5 Å². The Morgan fingerprint density at radius 2 is 2.25 bits per heavy atom. The second-order valence-electron chi connectivity index (χ2n) is 6.36. The second-order valence-corrected chi connectivity index (χ2v) is 7.14. The number of rotatable bonds is 2. The number of amides is 1. The molecule has 2 aliphatic heterocycles. The lowest BCUT2D eigenvalue weighted by atomic mass is 9.90. The lowest BCUT2D eigenvalue weighted by Crippen LogP contribution is -2.61. The molecule has 0 bridgehead atoms. The van der Waals surface area contributed by atoms with E-state index in [1.54, 1.807) is 29.9 Å². The highest BCUT2D eigenvalue weighted by atomic mass is 32.1. The van der Waals surface area contributed by atoms with Crippen LogP contribution in [0.25, 0.3) is 0 Å². The molecule has 0 radical (unpaired) electrons. The fraction of sp³-hybridized carbons (Fsp3) is 0.471. The monoisotopic (exact) mass is 344 g/mol. The summed E-state index contributed by atoms with van der Waals surface area (Å²) in [5, 5.41) is 3.86. The van der Waals surface area contributed by atoms with Gasteiger partial charge in [-0.25, -0.2) is 4.98 Å². The lowest BCUT2D eigenvalue weighted by molar-refractivity contribution is -0.105. The second kappa shape index (κ2) is 6.49. The van der Waals surface area contributed by atoms with Gasteiger partial charge in [-0.05, 0) is 24.3 Å². The largest absolute Gasteiger partial charge is 0.369 e. The van der Waals surface area contributed by atoms with Gasteiger partial charge in [0, 0.05) is 30.9 Å². The normalized spacial score (nSPS) is 24.3. The van der Waals surface area contributed by atoms with E-state index in [1.807, 2.05) is 21.7 Å².